The number of rotatable bonds is 5. The van der Waals surface area contributed by atoms with Gasteiger partial charge in [0, 0.05) is 30.6 Å². The maximum Gasteiger partial charge on any atom is 0.407 e. The second kappa shape index (κ2) is 10.4. The molecule has 1 atom stereocenters. The molecule has 0 radical (unpaired) electrons. The van der Waals surface area contributed by atoms with Crippen LogP contribution in [0.15, 0.2) is 35.8 Å². The largest absolute Gasteiger partial charge is 0.446 e. The molecule has 0 bridgehead atoms. The van der Waals surface area contributed by atoms with E-state index in [1.54, 1.807) is 17.6 Å². The zero-order valence-electron chi connectivity index (χ0n) is 21.1. The fourth-order valence-corrected chi connectivity index (χ4v) is 6.56. The van der Waals surface area contributed by atoms with Crippen molar-refractivity contribution in [3.8, 4) is 0 Å². The molecule has 2 aliphatic heterocycles. The van der Waals surface area contributed by atoms with Gasteiger partial charge in [-0.05, 0) is 67.3 Å². The molecule has 2 N–H and O–H groups in total. The van der Waals surface area contributed by atoms with Gasteiger partial charge in [0.15, 0.2) is 0 Å². The van der Waals surface area contributed by atoms with Crippen molar-refractivity contribution in [3.05, 3.63) is 63.9 Å². The normalized spacial score (nSPS) is 23.1. The summed E-state index contributed by atoms with van der Waals surface area (Å²) in [6.07, 6.45) is 2.43. The number of thiazole rings is 1. The van der Waals surface area contributed by atoms with Crippen LogP contribution in [-0.4, -0.2) is 45.8 Å². The van der Waals surface area contributed by atoms with Crippen LogP contribution in [0, 0.1) is 5.82 Å². The second-order valence-electron chi connectivity index (χ2n) is 10.3. The Morgan fingerprint density at radius 3 is 2.74 bits per heavy atom. The number of ether oxygens (including phenoxy) is 1. The summed E-state index contributed by atoms with van der Waals surface area (Å²) in [6, 6.07) is 7.98. The van der Waals surface area contributed by atoms with E-state index in [0.717, 1.165) is 21.3 Å². The van der Waals surface area contributed by atoms with Crippen LogP contribution >= 0.6 is 11.3 Å². The Morgan fingerprint density at radius 1 is 1.13 bits per heavy atom. The van der Waals surface area contributed by atoms with Gasteiger partial charge in [0.2, 0.25) is 11.8 Å². The monoisotopic (exact) mass is 550 g/mol. The molecule has 3 aliphatic rings. The summed E-state index contributed by atoms with van der Waals surface area (Å²) in [6.45, 7) is 0.490. The van der Waals surface area contributed by atoms with Gasteiger partial charge in [-0.3, -0.25) is 19.7 Å². The standard InChI is InChI=1S/C28H27FN4O5S/c29-20-7-9-22-25(31-14-39-22)24(20)16-3-5-18(6-4-16)38-28(37)30-12-15-1-2-17-13-33(27(36)19(17)11-15)21-8-10-23(34)32-26(21)35/h1-2,7,9,11,14,16,18,21H,3-6,8,10,12-13H2,(H,30,37)(H,32,34,35). The molecule has 39 heavy (non-hydrogen) atoms. The molecule has 6 rings (SSSR count). The molecule has 2 fully saturated rings. The fourth-order valence-electron chi connectivity index (χ4n) is 5.86. The minimum atomic E-state index is -0.667. The van der Waals surface area contributed by atoms with E-state index in [9.17, 15) is 23.6 Å². The molecule has 202 valence electrons. The van der Waals surface area contributed by atoms with Crippen molar-refractivity contribution in [1.29, 1.82) is 0 Å². The van der Waals surface area contributed by atoms with Crippen LogP contribution in [0.2, 0.25) is 0 Å². The zero-order valence-corrected chi connectivity index (χ0v) is 21.9. The highest BCUT2D eigenvalue weighted by molar-refractivity contribution is 7.16. The van der Waals surface area contributed by atoms with E-state index in [2.05, 4.69) is 15.6 Å². The quantitative estimate of drug-likeness (QED) is 0.461. The number of benzene rings is 2. The first kappa shape index (κ1) is 25.4. The number of imide groups is 1. The molecule has 4 amide bonds. The summed E-state index contributed by atoms with van der Waals surface area (Å²) in [5, 5.41) is 5.05. The van der Waals surface area contributed by atoms with Crippen LogP contribution in [0.4, 0.5) is 9.18 Å². The van der Waals surface area contributed by atoms with Gasteiger partial charge in [-0.2, -0.15) is 0 Å². The zero-order chi connectivity index (χ0) is 27.1. The predicted octanol–water partition coefficient (Wildman–Crippen LogP) is 4.15. The first-order valence-corrected chi connectivity index (χ1v) is 14.0. The van der Waals surface area contributed by atoms with Crippen molar-refractivity contribution in [2.45, 2.75) is 69.7 Å². The third-order valence-electron chi connectivity index (χ3n) is 7.87. The first-order chi connectivity index (χ1) is 18.9. The van der Waals surface area contributed by atoms with Crippen molar-refractivity contribution < 1.29 is 28.3 Å². The van der Waals surface area contributed by atoms with Gasteiger partial charge >= 0.3 is 6.09 Å². The molecular weight excluding hydrogens is 523 g/mol. The average Bonchev–Trinajstić information content (AvgIpc) is 3.52. The van der Waals surface area contributed by atoms with Gasteiger partial charge in [-0.15, -0.1) is 11.3 Å². The Balaban J connectivity index is 1.01. The van der Waals surface area contributed by atoms with Gasteiger partial charge in [0.1, 0.15) is 18.0 Å². The Bertz CT molecular complexity index is 1480. The fraction of sp³-hybridized carbons (Fsp3) is 0.393. The highest BCUT2D eigenvalue weighted by Crippen LogP contribution is 2.39. The average molecular weight is 551 g/mol. The van der Waals surface area contributed by atoms with E-state index in [-0.39, 0.29) is 42.6 Å². The lowest BCUT2D eigenvalue weighted by atomic mass is 9.82. The third kappa shape index (κ3) is 4.98. The van der Waals surface area contributed by atoms with Gasteiger partial charge in [0.05, 0.1) is 15.7 Å². The van der Waals surface area contributed by atoms with Crippen molar-refractivity contribution >= 4 is 45.4 Å². The highest BCUT2D eigenvalue weighted by atomic mass is 32.1. The molecule has 1 aromatic heterocycles. The van der Waals surface area contributed by atoms with E-state index in [0.29, 0.717) is 49.8 Å². The summed E-state index contributed by atoms with van der Waals surface area (Å²) in [4.78, 5) is 55.1. The number of carbonyl (C=O) groups excluding carboxylic acids is 4. The first-order valence-electron chi connectivity index (χ1n) is 13.1. The summed E-state index contributed by atoms with van der Waals surface area (Å²) in [5.74, 6) is -1.22. The molecule has 1 saturated carbocycles. The lowest BCUT2D eigenvalue weighted by molar-refractivity contribution is -0.136. The number of fused-ring (bicyclic) bond motifs is 2. The number of halogens is 1. The van der Waals surface area contributed by atoms with Gasteiger partial charge in [0.25, 0.3) is 5.91 Å². The second-order valence-corrected chi connectivity index (χ2v) is 11.2. The molecular formula is C28H27FN4O5S. The van der Waals surface area contributed by atoms with Crippen molar-refractivity contribution in [2.24, 2.45) is 0 Å². The lowest BCUT2D eigenvalue weighted by Crippen LogP contribution is -2.52. The number of piperidine rings is 1. The lowest BCUT2D eigenvalue weighted by Gasteiger charge is -2.29. The Labute approximate surface area is 227 Å². The Kier molecular flexibility index (Phi) is 6.76. The van der Waals surface area contributed by atoms with Crippen LogP contribution in [-0.2, 0) is 27.4 Å². The van der Waals surface area contributed by atoms with E-state index in [4.69, 9.17) is 4.74 Å². The molecule has 0 spiro atoms. The van der Waals surface area contributed by atoms with Gasteiger partial charge in [-0.1, -0.05) is 12.1 Å². The predicted molar refractivity (Wildman–Crippen MR) is 140 cm³/mol. The number of hydrogen-bond acceptors (Lipinski definition) is 7. The number of nitrogens with zero attached hydrogens (tertiary/aromatic N) is 2. The van der Waals surface area contributed by atoms with Crippen LogP contribution in [0.5, 0.6) is 0 Å². The van der Waals surface area contributed by atoms with E-state index in [1.807, 2.05) is 12.1 Å². The van der Waals surface area contributed by atoms with Crippen LogP contribution in [0.25, 0.3) is 10.2 Å². The number of nitrogens with one attached hydrogen (secondary N) is 2. The van der Waals surface area contributed by atoms with E-state index in [1.165, 1.54) is 22.3 Å². The number of carbonyl (C=O) groups is 4. The van der Waals surface area contributed by atoms with Gasteiger partial charge < -0.3 is 15.0 Å². The number of aromatic nitrogens is 1. The molecule has 1 aliphatic carbocycles. The molecule has 2 aromatic carbocycles. The Hall–Kier alpha value is -3.86. The maximum atomic E-state index is 14.6. The van der Waals surface area contributed by atoms with E-state index < -0.39 is 18.0 Å². The summed E-state index contributed by atoms with van der Waals surface area (Å²) >= 11 is 1.50. The van der Waals surface area contributed by atoms with E-state index >= 15 is 0 Å². The van der Waals surface area contributed by atoms with Crippen molar-refractivity contribution in [1.82, 2.24) is 20.5 Å². The maximum absolute atomic E-state index is 14.6. The number of hydrogen-bond donors (Lipinski definition) is 2. The minimum absolute atomic E-state index is 0.0439. The molecule has 3 aromatic rings. The molecule has 9 nitrogen and oxygen atoms in total. The number of alkyl carbamates (subject to hydrolysis) is 1. The van der Waals surface area contributed by atoms with Gasteiger partial charge in [-0.25, -0.2) is 14.2 Å². The number of amides is 4. The molecule has 11 heteroatoms. The van der Waals surface area contributed by atoms with Crippen molar-refractivity contribution in [3.63, 3.8) is 0 Å². The summed E-state index contributed by atoms with van der Waals surface area (Å²) < 4.78 is 21.2. The molecule has 1 saturated heterocycles. The highest BCUT2D eigenvalue weighted by Gasteiger charge is 2.39. The summed E-state index contributed by atoms with van der Waals surface area (Å²) in [5.41, 5.74) is 5.16. The van der Waals surface area contributed by atoms with Crippen molar-refractivity contribution in [2.75, 3.05) is 0 Å². The summed E-state index contributed by atoms with van der Waals surface area (Å²) in [7, 11) is 0. The molecule has 3 heterocycles. The molecule has 1 unspecified atom stereocenters. The Morgan fingerprint density at radius 2 is 1.95 bits per heavy atom. The minimum Gasteiger partial charge on any atom is -0.446 e. The van der Waals surface area contributed by atoms with Crippen LogP contribution in [0.3, 0.4) is 0 Å². The topological polar surface area (TPSA) is 118 Å². The smallest absolute Gasteiger partial charge is 0.407 e. The van der Waals surface area contributed by atoms with Crippen LogP contribution in [0.1, 0.15) is 71.5 Å². The third-order valence-corrected chi connectivity index (χ3v) is 8.67. The SMILES string of the molecule is O=C1CCC(N2Cc3ccc(CNC(=O)OC4CCC(c5c(F)ccc6scnc56)CC4)cc3C2=O)C(=O)N1. The van der Waals surface area contributed by atoms with Crippen LogP contribution < -0.4 is 10.6 Å².